The minimum Gasteiger partial charge on any atom is -0.496 e. The van der Waals surface area contributed by atoms with Gasteiger partial charge in [0.05, 0.1) is 20.3 Å². The fourth-order valence-corrected chi connectivity index (χ4v) is 4.50. The van der Waals surface area contributed by atoms with E-state index >= 15 is 0 Å². The Morgan fingerprint density at radius 2 is 1.45 bits per heavy atom. The molecule has 0 aliphatic carbocycles. The molecule has 0 amide bonds. The van der Waals surface area contributed by atoms with Crippen LogP contribution in [0.3, 0.4) is 0 Å². The fraction of sp³-hybridized carbons (Fsp3) is 0.696. The molecule has 0 bridgehead atoms. The summed E-state index contributed by atoms with van der Waals surface area (Å²) >= 11 is 0. The van der Waals surface area contributed by atoms with Crippen molar-refractivity contribution in [2.45, 2.75) is 74.6 Å². The number of fused-ring (bicyclic) bond motifs is 1. The maximum Gasteiger partial charge on any atom is 0.264 e. The first kappa shape index (κ1) is 28.8. The quantitative estimate of drug-likeness (QED) is 0.168. The summed E-state index contributed by atoms with van der Waals surface area (Å²) in [5.41, 5.74) is 0.495. The van der Waals surface area contributed by atoms with Gasteiger partial charge in [-0.25, -0.2) is 0 Å². The van der Waals surface area contributed by atoms with Crippen molar-refractivity contribution in [3.8, 4) is 17.2 Å². The van der Waals surface area contributed by atoms with E-state index in [2.05, 4.69) is 0 Å². The highest BCUT2D eigenvalue weighted by Gasteiger charge is 2.48. The summed E-state index contributed by atoms with van der Waals surface area (Å²) in [5, 5.41) is 70.8. The summed E-state index contributed by atoms with van der Waals surface area (Å²) in [7, 11) is 2.68. The molecule has 7 N–H and O–H groups in total. The first-order chi connectivity index (χ1) is 18.0. The molecular formula is C23H32O15. The molecule has 1 aromatic carbocycles. The van der Waals surface area contributed by atoms with Crippen LogP contribution in [0.2, 0.25) is 0 Å². The summed E-state index contributed by atoms with van der Waals surface area (Å²) in [5.74, 6) is -0.230. The highest BCUT2D eigenvalue weighted by Crippen LogP contribution is 2.44. The zero-order valence-electron chi connectivity index (χ0n) is 20.7. The topological polar surface area (TPSA) is 223 Å². The molecule has 11 atom stereocenters. The SMILES string of the molecule is COc1cc(O[C@@H]2O[C@H](CO[C@@H]3O[C@H](CO)[C@@H](O)[C@H](O)[C@H]3O)[C@@H](O)[C@H](O)[C@H]2O)c2c(c1C)O[C@H](OC)C2=O. The van der Waals surface area contributed by atoms with Gasteiger partial charge in [-0.2, -0.15) is 0 Å². The Morgan fingerprint density at radius 1 is 0.842 bits per heavy atom. The lowest BCUT2D eigenvalue weighted by Crippen LogP contribution is -2.62. The van der Waals surface area contributed by atoms with E-state index in [9.17, 15) is 40.5 Å². The average molecular weight is 548 g/mol. The molecular weight excluding hydrogens is 516 g/mol. The number of methoxy groups -OCH3 is 2. The first-order valence-electron chi connectivity index (χ1n) is 11.8. The van der Waals surface area contributed by atoms with Crippen LogP contribution in [0, 0.1) is 6.92 Å². The molecule has 38 heavy (non-hydrogen) atoms. The number of Topliss-reactive ketones (excluding diaryl/α,β-unsaturated/α-hetero) is 1. The van der Waals surface area contributed by atoms with Gasteiger partial charge in [0.1, 0.15) is 71.6 Å². The van der Waals surface area contributed by atoms with Crippen LogP contribution in [0.25, 0.3) is 0 Å². The molecule has 0 unspecified atom stereocenters. The van der Waals surface area contributed by atoms with Gasteiger partial charge in [-0.3, -0.25) is 4.79 Å². The third-order valence-corrected chi connectivity index (χ3v) is 6.75. The lowest BCUT2D eigenvalue weighted by molar-refractivity contribution is -0.323. The number of ether oxygens (including phenoxy) is 7. The number of aliphatic hydroxyl groups is 7. The standard InChI is InChI=1S/C23H32O15/c1-7-8(32-2)4-9(12-15(27)21(33-3)38-20(7)12)35-23-19(31)17(29)14(26)11(37-23)6-34-22-18(30)16(28)13(25)10(5-24)36-22/h4,10-11,13-14,16-19,21-26,28-31H,5-6H2,1-3H3/t10-,11-,13-,14-,16+,17+,18-,19-,21+,22-,23-/m1/s1. The molecule has 1 aromatic rings. The van der Waals surface area contributed by atoms with E-state index < -0.39 is 86.7 Å². The van der Waals surface area contributed by atoms with E-state index in [1.165, 1.54) is 20.3 Å². The van der Waals surface area contributed by atoms with E-state index in [0.717, 1.165) is 0 Å². The van der Waals surface area contributed by atoms with E-state index in [4.69, 9.17) is 33.2 Å². The third kappa shape index (κ3) is 5.07. The monoisotopic (exact) mass is 548 g/mol. The van der Waals surface area contributed by atoms with Gasteiger partial charge in [0, 0.05) is 18.7 Å². The van der Waals surface area contributed by atoms with Crippen molar-refractivity contribution in [3.63, 3.8) is 0 Å². The van der Waals surface area contributed by atoms with Gasteiger partial charge in [0.15, 0.2) is 6.29 Å². The van der Waals surface area contributed by atoms with E-state index in [0.29, 0.717) is 5.56 Å². The number of hydrogen-bond donors (Lipinski definition) is 7. The molecule has 4 rings (SSSR count). The second-order valence-corrected chi connectivity index (χ2v) is 9.12. The number of carbonyl (C=O) groups excluding carboxylic acids is 1. The molecule has 15 nitrogen and oxygen atoms in total. The van der Waals surface area contributed by atoms with Crippen LogP contribution >= 0.6 is 0 Å². The molecule has 0 radical (unpaired) electrons. The molecule has 0 spiro atoms. The zero-order valence-corrected chi connectivity index (χ0v) is 20.7. The van der Waals surface area contributed by atoms with Gasteiger partial charge in [0.2, 0.25) is 12.1 Å². The Hall–Kier alpha value is -2.15. The van der Waals surface area contributed by atoms with Crippen LogP contribution in [0.1, 0.15) is 15.9 Å². The van der Waals surface area contributed by atoms with Gasteiger partial charge in [-0.05, 0) is 6.92 Å². The van der Waals surface area contributed by atoms with Crippen molar-refractivity contribution in [3.05, 3.63) is 17.2 Å². The number of hydrogen-bond acceptors (Lipinski definition) is 15. The molecule has 2 saturated heterocycles. The Balaban J connectivity index is 1.53. The predicted molar refractivity (Wildman–Crippen MR) is 121 cm³/mol. The number of rotatable bonds is 8. The molecule has 0 aromatic heterocycles. The number of aliphatic hydroxyl groups excluding tert-OH is 7. The van der Waals surface area contributed by atoms with Crippen molar-refractivity contribution in [1.82, 2.24) is 0 Å². The Kier molecular flexibility index (Phi) is 8.75. The van der Waals surface area contributed by atoms with E-state index in [1.807, 2.05) is 0 Å². The van der Waals surface area contributed by atoms with Gasteiger partial charge in [-0.1, -0.05) is 0 Å². The second-order valence-electron chi connectivity index (χ2n) is 9.12. The maximum absolute atomic E-state index is 12.8. The maximum atomic E-state index is 12.8. The first-order valence-corrected chi connectivity index (χ1v) is 11.8. The normalized spacial score (nSPS) is 39.0. The smallest absolute Gasteiger partial charge is 0.264 e. The number of carbonyl (C=O) groups is 1. The van der Waals surface area contributed by atoms with Crippen LogP contribution in [-0.4, -0.2) is 137 Å². The van der Waals surface area contributed by atoms with Gasteiger partial charge < -0.3 is 68.9 Å². The van der Waals surface area contributed by atoms with Gasteiger partial charge in [-0.15, -0.1) is 0 Å². The molecule has 2 fully saturated rings. The Labute approximate surface area is 216 Å². The molecule has 3 heterocycles. The molecule has 15 heteroatoms. The Bertz CT molecular complexity index is 1000. The molecule has 3 aliphatic rings. The summed E-state index contributed by atoms with van der Waals surface area (Å²) in [4.78, 5) is 12.8. The lowest BCUT2D eigenvalue weighted by atomic mass is 9.98. The minimum absolute atomic E-state index is 0.000630. The average Bonchev–Trinajstić information content (AvgIpc) is 3.26. The highest BCUT2D eigenvalue weighted by molar-refractivity contribution is 6.07. The fourth-order valence-electron chi connectivity index (χ4n) is 4.50. The van der Waals surface area contributed by atoms with Crippen molar-refractivity contribution in [1.29, 1.82) is 0 Å². The van der Waals surface area contributed by atoms with Crippen molar-refractivity contribution >= 4 is 5.78 Å². The molecule has 3 aliphatic heterocycles. The summed E-state index contributed by atoms with van der Waals surface area (Å²) in [6.07, 6.45) is -17.2. The largest absolute Gasteiger partial charge is 0.496 e. The summed E-state index contributed by atoms with van der Waals surface area (Å²) in [6, 6.07) is 1.38. The van der Waals surface area contributed by atoms with Crippen LogP contribution < -0.4 is 14.2 Å². The second kappa shape index (κ2) is 11.5. The highest BCUT2D eigenvalue weighted by atomic mass is 16.7. The minimum atomic E-state index is -1.78. The predicted octanol–water partition coefficient (Wildman–Crippen LogP) is -3.45. The van der Waals surface area contributed by atoms with Gasteiger partial charge in [0.25, 0.3) is 6.29 Å². The van der Waals surface area contributed by atoms with Crippen molar-refractivity contribution < 1.29 is 73.7 Å². The lowest BCUT2D eigenvalue weighted by Gasteiger charge is -2.42. The van der Waals surface area contributed by atoms with E-state index in [-0.39, 0.29) is 22.8 Å². The summed E-state index contributed by atoms with van der Waals surface area (Å²) in [6.45, 7) is 0.437. The van der Waals surface area contributed by atoms with Crippen molar-refractivity contribution in [2.24, 2.45) is 0 Å². The van der Waals surface area contributed by atoms with Crippen LogP contribution in [0.5, 0.6) is 17.2 Å². The van der Waals surface area contributed by atoms with E-state index in [1.54, 1.807) is 6.92 Å². The molecule has 0 saturated carbocycles. The molecule has 214 valence electrons. The van der Waals surface area contributed by atoms with Crippen molar-refractivity contribution in [2.75, 3.05) is 27.4 Å². The van der Waals surface area contributed by atoms with Crippen LogP contribution in [0.4, 0.5) is 0 Å². The third-order valence-electron chi connectivity index (χ3n) is 6.75. The van der Waals surface area contributed by atoms with Gasteiger partial charge >= 0.3 is 0 Å². The zero-order chi connectivity index (χ0) is 27.9. The van der Waals surface area contributed by atoms with Crippen LogP contribution in [0.15, 0.2) is 6.07 Å². The number of ketones is 1. The summed E-state index contributed by atoms with van der Waals surface area (Å²) < 4.78 is 38.0. The van der Waals surface area contributed by atoms with Crippen LogP contribution in [-0.2, 0) is 18.9 Å². The Morgan fingerprint density at radius 3 is 2.05 bits per heavy atom. The number of benzene rings is 1.